The van der Waals surface area contributed by atoms with E-state index < -0.39 is 0 Å². The zero-order valence-electron chi connectivity index (χ0n) is 11.1. The van der Waals surface area contributed by atoms with Gasteiger partial charge in [-0.05, 0) is 18.9 Å². The summed E-state index contributed by atoms with van der Waals surface area (Å²) in [5.74, 6) is 0. The second kappa shape index (κ2) is 6.18. The van der Waals surface area contributed by atoms with Crippen molar-refractivity contribution >= 4 is 0 Å². The van der Waals surface area contributed by atoms with Gasteiger partial charge in [-0.1, -0.05) is 43.2 Å². The van der Waals surface area contributed by atoms with E-state index in [2.05, 4.69) is 48.3 Å². The van der Waals surface area contributed by atoms with Crippen LogP contribution in [0.3, 0.4) is 0 Å². The molecule has 0 spiro atoms. The first-order valence-electron chi connectivity index (χ1n) is 6.82. The summed E-state index contributed by atoms with van der Waals surface area (Å²) in [5, 5.41) is 3.43. The van der Waals surface area contributed by atoms with Crippen LogP contribution in [0, 0.1) is 6.92 Å². The zero-order valence-corrected chi connectivity index (χ0v) is 11.1. The number of hydrogen-bond acceptors (Lipinski definition) is 2. The molecule has 1 saturated heterocycles. The second-order valence-corrected chi connectivity index (χ2v) is 5.00. The molecule has 1 fully saturated rings. The first-order chi connectivity index (χ1) is 8.31. The molecule has 0 aliphatic carbocycles. The van der Waals surface area contributed by atoms with Crippen LogP contribution in [0.15, 0.2) is 24.3 Å². The number of aryl methyl sites for hydroxylation is 1. The van der Waals surface area contributed by atoms with Crippen molar-refractivity contribution in [3.05, 3.63) is 35.4 Å². The summed E-state index contributed by atoms with van der Waals surface area (Å²) in [4.78, 5) is 2.63. The molecule has 1 aromatic rings. The predicted molar refractivity (Wildman–Crippen MR) is 73.3 cm³/mol. The molecule has 1 N–H and O–H groups in total. The molecular weight excluding hydrogens is 208 g/mol. The first-order valence-corrected chi connectivity index (χ1v) is 6.82. The molecule has 1 heterocycles. The molecule has 1 aromatic carbocycles. The van der Waals surface area contributed by atoms with Crippen LogP contribution in [-0.4, -0.2) is 31.1 Å². The number of hydrogen-bond donors (Lipinski definition) is 1. The van der Waals surface area contributed by atoms with Gasteiger partial charge in [0.1, 0.15) is 0 Å². The molecule has 1 aliphatic rings. The predicted octanol–water partition coefficient (Wildman–Crippen LogP) is 2.74. The Balaban J connectivity index is 2.12. The van der Waals surface area contributed by atoms with E-state index in [1.54, 1.807) is 0 Å². The van der Waals surface area contributed by atoms with E-state index >= 15 is 0 Å². The third-order valence-electron chi connectivity index (χ3n) is 3.62. The van der Waals surface area contributed by atoms with Gasteiger partial charge in [0.25, 0.3) is 0 Å². The van der Waals surface area contributed by atoms with Gasteiger partial charge in [-0.15, -0.1) is 0 Å². The van der Waals surface area contributed by atoms with Gasteiger partial charge >= 0.3 is 0 Å². The van der Waals surface area contributed by atoms with Gasteiger partial charge in [-0.25, -0.2) is 0 Å². The minimum absolute atomic E-state index is 0.614. The van der Waals surface area contributed by atoms with Crippen molar-refractivity contribution in [1.29, 1.82) is 0 Å². The highest BCUT2D eigenvalue weighted by Gasteiger charge is 2.20. The van der Waals surface area contributed by atoms with E-state index in [-0.39, 0.29) is 0 Å². The largest absolute Gasteiger partial charge is 0.314 e. The average molecular weight is 232 g/mol. The lowest BCUT2D eigenvalue weighted by atomic mass is 9.99. The van der Waals surface area contributed by atoms with Crippen molar-refractivity contribution in [3.8, 4) is 0 Å². The summed E-state index contributed by atoms with van der Waals surface area (Å²) in [5.41, 5.74) is 2.84. The lowest BCUT2D eigenvalue weighted by molar-refractivity contribution is 0.164. The van der Waals surface area contributed by atoms with Crippen molar-refractivity contribution in [2.45, 2.75) is 32.7 Å². The Morgan fingerprint density at radius 2 is 1.82 bits per heavy atom. The molecular formula is C15H24N2. The molecule has 0 radical (unpaired) electrons. The minimum atomic E-state index is 0.614. The molecule has 17 heavy (non-hydrogen) atoms. The molecule has 94 valence electrons. The molecule has 0 saturated carbocycles. The number of nitrogens with one attached hydrogen (secondary N) is 1. The molecule has 0 aromatic heterocycles. The molecule has 0 bridgehead atoms. The number of nitrogens with zero attached hydrogens (tertiary/aromatic N) is 1. The second-order valence-electron chi connectivity index (χ2n) is 5.00. The molecule has 2 heteroatoms. The van der Waals surface area contributed by atoms with Crippen LogP contribution in [0.1, 0.15) is 36.9 Å². The van der Waals surface area contributed by atoms with E-state index in [0.717, 1.165) is 13.1 Å². The van der Waals surface area contributed by atoms with Gasteiger partial charge in [0.05, 0.1) is 0 Å². The van der Waals surface area contributed by atoms with E-state index in [0.29, 0.717) is 6.04 Å². The third-order valence-corrected chi connectivity index (χ3v) is 3.62. The van der Waals surface area contributed by atoms with Crippen LogP contribution in [0.25, 0.3) is 0 Å². The first kappa shape index (κ1) is 12.6. The van der Waals surface area contributed by atoms with Gasteiger partial charge in [-0.2, -0.15) is 0 Å². The van der Waals surface area contributed by atoms with Crippen molar-refractivity contribution < 1.29 is 0 Å². The molecule has 2 rings (SSSR count). The monoisotopic (exact) mass is 232 g/mol. The Labute approximate surface area is 105 Å². The highest BCUT2D eigenvalue weighted by Crippen LogP contribution is 2.26. The maximum absolute atomic E-state index is 3.43. The van der Waals surface area contributed by atoms with Crippen LogP contribution in [0.5, 0.6) is 0 Å². The Kier molecular flexibility index (Phi) is 4.57. The topological polar surface area (TPSA) is 15.3 Å². The number of benzene rings is 1. The molecule has 1 aliphatic heterocycles. The van der Waals surface area contributed by atoms with E-state index in [1.165, 1.54) is 37.1 Å². The maximum Gasteiger partial charge on any atom is 0.0349 e. The maximum atomic E-state index is 3.43. The van der Waals surface area contributed by atoms with Crippen LogP contribution in [0.4, 0.5) is 0 Å². The number of rotatable bonds is 4. The molecule has 0 unspecified atom stereocenters. The lowest BCUT2D eigenvalue weighted by Crippen LogP contribution is -2.45. The lowest BCUT2D eigenvalue weighted by Gasteiger charge is -2.35. The molecule has 0 amide bonds. The summed E-state index contributed by atoms with van der Waals surface area (Å²) < 4.78 is 0. The Hall–Kier alpha value is -0.860. The van der Waals surface area contributed by atoms with Crippen molar-refractivity contribution in [2.24, 2.45) is 0 Å². The standard InChI is InChI=1S/C15H24N2/c1-3-4-15(17-11-9-16-10-12-17)14-7-5-13(2)6-8-14/h5-8,15-16H,3-4,9-12H2,1-2H3/t15-/m1/s1. The highest BCUT2D eigenvalue weighted by molar-refractivity contribution is 5.24. The van der Waals surface area contributed by atoms with Gasteiger partial charge < -0.3 is 5.32 Å². The average Bonchev–Trinajstić information content (AvgIpc) is 2.38. The zero-order chi connectivity index (χ0) is 12.1. The quantitative estimate of drug-likeness (QED) is 0.858. The van der Waals surface area contributed by atoms with E-state index in [1.807, 2.05) is 0 Å². The van der Waals surface area contributed by atoms with Crippen LogP contribution in [-0.2, 0) is 0 Å². The van der Waals surface area contributed by atoms with Gasteiger partial charge in [0.2, 0.25) is 0 Å². The summed E-state index contributed by atoms with van der Waals surface area (Å²) in [6, 6.07) is 9.69. The summed E-state index contributed by atoms with van der Waals surface area (Å²) >= 11 is 0. The normalized spacial score (nSPS) is 19.2. The number of piperazine rings is 1. The summed E-state index contributed by atoms with van der Waals surface area (Å²) in [6.07, 6.45) is 2.52. The fourth-order valence-electron chi connectivity index (χ4n) is 2.62. The Bertz CT molecular complexity index is 325. The van der Waals surface area contributed by atoms with E-state index in [4.69, 9.17) is 0 Å². The minimum Gasteiger partial charge on any atom is -0.314 e. The van der Waals surface area contributed by atoms with Crippen molar-refractivity contribution in [2.75, 3.05) is 26.2 Å². The SMILES string of the molecule is CCC[C@H](c1ccc(C)cc1)N1CCNCC1. The van der Waals surface area contributed by atoms with Gasteiger partial charge in [-0.3, -0.25) is 4.90 Å². The van der Waals surface area contributed by atoms with Gasteiger partial charge in [0.15, 0.2) is 0 Å². The highest BCUT2D eigenvalue weighted by atomic mass is 15.2. The molecule has 1 atom stereocenters. The Morgan fingerprint density at radius 3 is 2.41 bits per heavy atom. The fraction of sp³-hybridized carbons (Fsp3) is 0.600. The smallest absolute Gasteiger partial charge is 0.0349 e. The molecule has 2 nitrogen and oxygen atoms in total. The van der Waals surface area contributed by atoms with E-state index in [9.17, 15) is 0 Å². The Morgan fingerprint density at radius 1 is 1.18 bits per heavy atom. The summed E-state index contributed by atoms with van der Waals surface area (Å²) in [7, 11) is 0. The van der Waals surface area contributed by atoms with Crippen LogP contribution >= 0.6 is 0 Å². The van der Waals surface area contributed by atoms with Crippen molar-refractivity contribution in [3.63, 3.8) is 0 Å². The van der Waals surface area contributed by atoms with Gasteiger partial charge in [0, 0.05) is 32.2 Å². The van der Waals surface area contributed by atoms with Crippen LogP contribution < -0.4 is 5.32 Å². The fourth-order valence-corrected chi connectivity index (χ4v) is 2.62. The van der Waals surface area contributed by atoms with Crippen LogP contribution in [0.2, 0.25) is 0 Å². The third kappa shape index (κ3) is 3.30. The summed E-state index contributed by atoms with van der Waals surface area (Å²) in [6.45, 7) is 9.06. The van der Waals surface area contributed by atoms with Crippen molar-refractivity contribution in [1.82, 2.24) is 10.2 Å².